The van der Waals surface area contributed by atoms with Gasteiger partial charge in [-0.1, -0.05) is 19.3 Å². The van der Waals surface area contributed by atoms with Crippen LogP contribution in [0.4, 0.5) is 0 Å². The van der Waals surface area contributed by atoms with Gasteiger partial charge in [0.1, 0.15) is 0 Å². The van der Waals surface area contributed by atoms with E-state index in [0.29, 0.717) is 0 Å². The van der Waals surface area contributed by atoms with Crippen LogP contribution in [0.1, 0.15) is 38.1 Å². The summed E-state index contributed by atoms with van der Waals surface area (Å²) in [7, 11) is 1.46. The topological polar surface area (TPSA) is 67.2 Å². The molecule has 1 saturated carbocycles. The number of aromatic amines is 1. The number of nitrogens with zero attached hydrogens (tertiary/aromatic N) is 1. The van der Waals surface area contributed by atoms with E-state index in [4.69, 9.17) is 4.74 Å². The van der Waals surface area contributed by atoms with E-state index in [9.17, 15) is 9.90 Å². The minimum atomic E-state index is -0.281. The van der Waals surface area contributed by atoms with Crippen molar-refractivity contribution < 1.29 is 9.84 Å². The molecular weight excluding hydrogens is 196 g/mol. The SMILES string of the molecule is COc1c(O)[nH]c(=O)n1C1CCCCC1. The Hall–Kier alpha value is -1.39. The first-order chi connectivity index (χ1) is 7.24. The first-order valence-electron chi connectivity index (χ1n) is 5.31. The van der Waals surface area contributed by atoms with Crippen molar-refractivity contribution in [3.05, 3.63) is 10.5 Å². The molecule has 0 bridgehead atoms. The minimum absolute atomic E-state index is 0.165. The first kappa shape index (κ1) is 10.1. The Morgan fingerprint density at radius 1 is 1.40 bits per heavy atom. The van der Waals surface area contributed by atoms with Gasteiger partial charge in [0.05, 0.1) is 7.11 Å². The average molecular weight is 212 g/mol. The van der Waals surface area contributed by atoms with Crippen LogP contribution >= 0.6 is 0 Å². The van der Waals surface area contributed by atoms with Gasteiger partial charge in [0.2, 0.25) is 0 Å². The number of methoxy groups -OCH3 is 1. The fourth-order valence-electron chi connectivity index (χ4n) is 2.29. The summed E-state index contributed by atoms with van der Waals surface area (Å²) in [6.07, 6.45) is 5.45. The Balaban J connectivity index is 2.36. The van der Waals surface area contributed by atoms with Crippen LogP contribution < -0.4 is 10.4 Å². The Bertz CT molecular complexity index is 388. The molecule has 15 heavy (non-hydrogen) atoms. The van der Waals surface area contributed by atoms with Gasteiger partial charge >= 0.3 is 5.69 Å². The fourth-order valence-corrected chi connectivity index (χ4v) is 2.29. The average Bonchev–Trinajstić information content (AvgIpc) is 2.54. The maximum absolute atomic E-state index is 11.6. The molecular formula is C10H16N2O3. The highest BCUT2D eigenvalue weighted by molar-refractivity contribution is 5.25. The van der Waals surface area contributed by atoms with Crippen molar-refractivity contribution in [1.82, 2.24) is 9.55 Å². The molecule has 1 aliphatic carbocycles. The molecule has 2 rings (SSSR count). The standard InChI is InChI=1S/C10H16N2O3/c1-15-9-8(13)11-10(14)12(9)7-5-3-2-4-6-7/h7,13H,2-6H2,1H3,(H,11,14). The largest absolute Gasteiger partial charge is 0.491 e. The van der Waals surface area contributed by atoms with Gasteiger partial charge in [0, 0.05) is 6.04 Å². The molecule has 0 atom stereocenters. The van der Waals surface area contributed by atoms with Gasteiger partial charge in [-0.3, -0.25) is 9.55 Å². The number of rotatable bonds is 2. The summed E-state index contributed by atoms with van der Waals surface area (Å²) in [6, 6.07) is 0.165. The van der Waals surface area contributed by atoms with Crippen LogP contribution in [0.25, 0.3) is 0 Å². The maximum Gasteiger partial charge on any atom is 0.331 e. The summed E-state index contributed by atoms with van der Waals surface area (Å²) in [5, 5.41) is 9.44. The molecule has 0 amide bonds. The van der Waals surface area contributed by atoms with E-state index in [1.807, 2.05) is 0 Å². The van der Waals surface area contributed by atoms with Crippen LogP contribution in [-0.4, -0.2) is 21.8 Å². The van der Waals surface area contributed by atoms with Crippen molar-refractivity contribution >= 4 is 0 Å². The summed E-state index contributed by atoms with van der Waals surface area (Å²) in [5.41, 5.74) is -0.281. The zero-order chi connectivity index (χ0) is 10.8. The molecule has 1 aromatic rings. The molecule has 1 fully saturated rings. The second kappa shape index (κ2) is 4.00. The monoisotopic (exact) mass is 212 g/mol. The quantitative estimate of drug-likeness (QED) is 0.778. The number of H-pyrrole nitrogens is 1. The third kappa shape index (κ3) is 1.73. The molecule has 0 unspecified atom stereocenters. The van der Waals surface area contributed by atoms with E-state index >= 15 is 0 Å². The molecule has 2 N–H and O–H groups in total. The van der Waals surface area contributed by atoms with E-state index in [1.54, 1.807) is 0 Å². The first-order valence-corrected chi connectivity index (χ1v) is 5.31. The number of aromatic hydroxyl groups is 1. The zero-order valence-corrected chi connectivity index (χ0v) is 8.82. The molecule has 1 aromatic heterocycles. The summed E-state index contributed by atoms with van der Waals surface area (Å²) < 4.78 is 6.57. The summed E-state index contributed by atoms with van der Waals surface area (Å²) in [5.74, 6) is 0.0833. The number of nitrogens with one attached hydrogen (secondary N) is 1. The Morgan fingerprint density at radius 2 is 2.07 bits per heavy atom. The van der Waals surface area contributed by atoms with E-state index in [0.717, 1.165) is 25.7 Å². The highest BCUT2D eigenvalue weighted by Gasteiger charge is 2.23. The summed E-state index contributed by atoms with van der Waals surface area (Å²) in [4.78, 5) is 13.9. The minimum Gasteiger partial charge on any atom is -0.491 e. The van der Waals surface area contributed by atoms with Crippen molar-refractivity contribution in [2.24, 2.45) is 0 Å². The fraction of sp³-hybridized carbons (Fsp3) is 0.700. The highest BCUT2D eigenvalue weighted by Crippen LogP contribution is 2.32. The third-order valence-corrected chi connectivity index (χ3v) is 3.00. The molecule has 0 saturated heterocycles. The van der Waals surface area contributed by atoms with E-state index in [-0.39, 0.29) is 23.5 Å². The van der Waals surface area contributed by atoms with E-state index in [2.05, 4.69) is 4.98 Å². The number of hydrogen-bond acceptors (Lipinski definition) is 3. The molecule has 84 valence electrons. The van der Waals surface area contributed by atoms with Gasteiger partial charge in [0.15, 0.2) is 0 Å². The maximum atomic E-state index is 11.6. The molecule has 0 aromatic carbocycles. The van der Waals surface area contributed by atoms with Gasteiger partial charge in [-0.2, -0.15) is 0 Å². The lowest BCUT2D eigenvalue weighted by Gasteiger charge is -2.23. The van der Waals surface area contributed by atoms with Gasteiger partial charge in [-0.15, -0.1) is 0 Å². The van der Waals surface area contributed by atoms with E-state index < -0.39 is 0 Å². The van der Waals surface area contributed by atoms with Crippen molar-refractivity contribution in [2.45, 2.75) is 38.1 Å². The predicted molar refractivity (Wildman–Crippen MR) is 55.4 cm³/mol. The number of imidazole rings is 1. The molecule has 0 spiro atoms. The van der Waals surface area contributed by atoms with Crippen LogP contribution in [0.2, 0.25) is 0 Å². The lowest BCUT2D eigenvalue weighted by molar-refractivity contribution is 0.287. The van der Waals surface area contributed by atoms with Gasteiger partial charge in [-0.25, -0.2) is 4.79 Å². The van der Waals surface area contributed by atoms with Gasteiger partial charge < -0.3 is 9.84 Å². The summed E-state index contributed by atoms with van der Waals surface area (Å²) >= 11 is 0. The van der Waals surface area contributed by atoms with E-state index in [1.165, 1.54) is 18.1 Å². The Morgan fingerprint density at radius 3 is 2.67 bits per heavy atom. The molecule has 1 heterocycles. The molecule has 5 heteroatoms. The van der Waals surface area contributed by atoms with Crippen LogP contribution in [0.5, 0.6) is 11.8 Å². The van der Waals surface area contributed by atoms with Crippen molar-refractivity contribution in [3.8, 4) is 11.8 Å². The molecule has 1 aliphatic rings. The highest BCUT2D eigenvalue weighted by atomic mass is 16.5. The zero-order valence-electron chi connectivity index (χ0n) is 8.82. The third-order valence-electron chi connectivity index (χ3n) is 3.00. The lowest BCUT2D eigenvalue weighted by atomic mass is 9.95. The Labute approximate surface area is 87.7 Å². The number of hydrogen-bond donors (Lipinski definition) is 2. The van der Waals surface area contributed by atoms with Crippen LogP contribution in [0, 0.1) is 0 Å². The normalized spacial score (nSPS) is 17.9. The van der Waals surface area contributed by atoms with Crippen molar-refractivity contribution in [2.75, 3.05) is 7.11 Å². The van der Waals surface area contributed by atoms with Crippen molar-refractivity contribution in [1.29, 1.82) is 0 Å². The van der Waals surface area contributed by atoms with Crippen LogP contribution in [-0.2, 0) is 0 Å². The summed E-state index contributed by atoms with van der Waals surface area (Å²) in [6.45, 7) is 0. The molecule has 0 radical (unpaired) electrons. The molecule has 0 aliphatic heterocycles. The number of aromatic nitrogens is 2. The van der Waals surface area contributed by atoms with Crippen LogP contribution in [0.3, 0.4) is 0 Å². The number of ether oxygens (including phenoxy) is 1. The predicted octanol–water partition coefficient (Wildman–Crippen LogP) is 1.40. The second-order valence-corrected chi connectivity index (χ2v) is 3.95. The van der Waals surface area contributed by atoms with Gasteiger partial charge in [-0.05, 0) is 12.8 Å². The lowest BCUT2D eigenvalue weighted by Crippen LogP contribution is -2.24. The smallest absolute Gasteiger partial charge is 0.331 e. The van der Waals surface area contributed by atoms with Gasteiger partial charge in [0.25, 0.3) is 11.8 Å². The van der Waals surface area contributed by atoms with Crippen molar-refractivity contribution in [3.63, 3.8) is 0 Å². The van der Waals surface area contributed by atoms with Crippen LogP contribution in [0.15, 0.2) is 4.79 Å². The second-order valence-electron chi connectivity index (χ2n) is 3.95. The Kier molecular flexibility index (Phi) is 2.70. The molecule has 5 nitrogen and oxygen atoms in total.